The summed E-state index contributed by atoms with van der Waals surface area (Å²) in [4.78, 5) is 16.0. The normalized spacial score (nSPS) is 10.7. The number of nitrogens with zero attached hydrogens (tertiary/aromatic N) is 1. The summed E-state index contributed by atoms with van der Waals surface area (Å²) in [5.74, 6) is -1.18. The first kappa shape index (κ1) is 12.4. The molecule has 0 spiro atoms. The van der Waals surface area contributed by atoms with E-state index in [4.69, 9.17) is 0 Å². The maximum Gasteiger partial charge on any atom is 0.0745 e. The highest BCUT2D eigenvalue weighted by Crippen LogP contribution is 2.26. The van der Waals surface area contributed by atoms with E-state index in [1.807, 2.05) is 49.4 Å². The number of hydrogen-bond donors (Lipinski definition) is 0. The summed E-state index contributed by atoms with van der Waals surface area (Å²) in [6, 6.07) is 16.6. The van der Waals surface area contributed by atoms with Crippen molar-refractivity contribution in [3.05, 3.63) is 65.7 Å². The molecule has 0 bridgehead atoms. The Kier molecular flexibility index (Phi) is 2.95. The summed E-state index contributed by atoms with van der Waals surface area (Å²) in [6.45, 7) is 1.92. The van der Waals surface area contributed by atoms with Crippen LogP contribution in [-0.2, 0) is 0 Å². The van der Waals surface area contributed by atoms with Gasteiger partial charge in [-0.05, 0) is 18.6 Å². The Morgan fingerprint density at radius 3 is 2.50 bits per heavy atom. The van der Waals surface area contributed by atoms with Gasteiger partial charge in [0.05, 0.1) is 17.2 Å². The highest BCUT2D eigenvalue weighted by Gasteiger charge is 2.09. The number of aromatic nitrogens is 1. The van der Waals surface area contributed by atoms with Crippen LogP contribution in [0.2, 0.25) is 0 Å². The van der Waals surface area contributed by atoms with Gasteiger partial charge < -0.3 is 9.90 Å². The maximum atomic E-state index is 11.4. The molecule has 0 aliphatic heterocycles. The summed E-state index contributed by atoms with van der Waals surface area (Å²) in [7, 11) is 0. The summed E-state index contributed by atoms with van der Waals surface area (Å²) in [5.41, 5.74) is 3.36. The van der Waals surface area contributed by atoms with Crippen molar-refractivity contribution in [3.63, 3.8) is 0 Å². The van der Waals surface area contributed by atoms with E-state index in [2.05, 4.69) is 4.98 Å². The molecule has 0 aliphatic rings. The quantitative estimate of drug-likeness (QED) is 0.713. The van der Waals surface area contributed by atoms with Crippen LogP contribution < -0.4 is 5.11 Å². The zero-order chi connectivity index (χ0) is 14.1. The van der Waals surface area contributed by atoms with Crippen LogP contribution in [0.15, 0.2) is 54.6 Å². The van der Waals surface area contributed by atoms with Crippen LogP contribution in [0.25, 0.3) is 22.2 Å². The van der Waals surface area contributed by atoms with Gasteiger partial charge in [-0.2, -0.15) is 0 Å². The smallest absolute Gasteiger partial charge is 0.0745 e. The molecule has 0 amide bonds. The van der Waals surface area contributed by atoms with E-state index in [1.165, 1.54) is 0 Å². The molecule has 3 aromatic rings. The van der Waals surface area contributed by atoms with Crippen molar-refractivity contribution in [1.29, 1.82) is 0 Å². The number of pyridine rings is 1. The fourth-order valence-corrected chi connectivity index (χ4v) is 2.32. The van der Waals surface area contributed by atoms with Gasteiger partial charge in [-0.1, -0.05) is 48.5 Å². The Balaban J connectivity index is 2.36. The Bertz CT molecular complexity index is 795. The monoisotopic (exact) mass is 262 g/mol. The number of carbonyl (C=O) groups excluding carboxylic acids is 1. The second kappa shape index (κ2) is 4.78. The fourth-order valence-electron chi connectivity index (χ4n) is 2.32. The average Bonchev–Trinajstić information content (AvgIpc) is 2.47. The average molecular weight is 262 g/mol. The molecule has 20 heavy (non-hydrogen) atoms. The number of aromatic carboxylic acids is 1. The van der Waals surface area contributed by atoms with Gasteiger partial charge in [-0.25, -0.2) is 4.98 Å². The van der Waals surface area contributed by atoms with Crippen LogP contribution in [-0.4, -0.2) is 11.0 Å². The van der Waals surface area contributed by atoms with E-state index < -0.39 is 5.97 Å². The number of benzene rings is 2. The standard InChI is InChI=1S/C17H13NO2/c1-11-6-5-9-13-14(17(19)20)10-15(18-16(11)13)12-7-3-2-4-8-12/h2-10H,1H3,(H,19,20)/p-1. The zero-order valence-electron chi connectivity index (χ0n) is 11.0. The fraction of sp³-hybridized carbons (Fsp3) is 0.0588. The molecule has 98 valence electrons. The van der Waals surface area contributed by atoms with E-state index in [0.717, 1.165) is 11.1 Å². The van der Waals surface area contributed by atoms with Crippen LogP contribution in [0.3, 0.4) is 0 Å². The second-order valence-electron chi connectivity index (χ2n) is 4.68. The number of carboxylic acids is 1. The van der Waals surface area contributed by atoms with Gasteiger partial charge in [0, 0.05) is 16.5 Å². The molecule has 3 rings (SSSR count). The summed E-state index contributed by atoms with van der Waals surface area (Å²) < 4.78 is 0. The van der Waals surface area contributed by atoms with E-state index in [0.29, 0.717) is 16.6 Å². The zero-order valence-corrected chi connectivity index (χ0v) is 11.0. The van der Waals surface area contributed by atoms with E-state index in [1.54, 1.807) is 12.1 Å². The first-order valence-electron chi connectivity index (χ1n) is 6.34. The Hall–Kier alpha value is -2.68. The van der Waals surface area contributed by atoms with Crippen LogP contribution in [0.4, 0.5) is 0 Å². The van der Waals surface area contributed by atoms with Gasteiger partial charge in [0.15, 0.2) is 0 Å². The third-order valence-electron chi connectivity index (χ3n) is 3.33. The predicted molar refractivity (Wildman–Crippen MR) is 76.2 cm³/mol. The topological polar surface area (TPSA) is 53.0 Å². The first-order valence-corrected chi connectivity index (χ1v) is 6.34. The number of rotatable bonds is 2. The van der Waals surface area contributed by atoms with Crippen LogP contribution >= 0.6 is 0 Å². The SMILES string of the molecule is Cc1cccc2c(C(=O)[O-])cc(-c3ccccc3)nc12. The molecular weight excluding hydrogens is 250 g/mol. The largest absolute Gasteiger partial charge is 0.545 e. The maximum absolute atomic E-state index is 11.4. The molecule has 0 saturated heterocycles. The molecule has 0 aliphatic carbocycles. The molecule has 0 saturated carbocycles. The number of para-hydroxylation sites is 1. The van der Waals surface area contributed by atoms with Crippen LogP contribution in [0.5, 0.6) is 0 Å². The van der Waals surface area contributed by atoms with Crippen molar-refractivity contribution in [3.8, 4) is 11.3 Å². The van der Waals surface area contributed by atoms with Gasteiger partial charge in [-0.3, -0.25) is 0 Å². The third-order valence-corrected chi connectivity index (χ3v) is 3.33. The third kappa shape index (κ3) is 2.03. The molecule has 0 unspecified atom stereocenters. The summed E-state index contributed by atoms with van der Waals surface area (Å²) >= 11 is 0. The summed E-state index contributed by atoms with van der Waals surface area (Å²) in [5, 5.41) is 12.0. The molecule has 0 fully saturated rings. The minimum Gasteiger partial charge on any atom is -0.545 e. The van der Waals surface area contributed by atoms with Gasteiger partial charge in [0.2, 0.25) is 0 Å². The lowest BCUT2D eigenvalue weighted by Gasteiger charge is -2.12. The van der Waals surface area contributed by atoms with Crippen molar-refractivity contribution in [1.82, 2.24) is 4.98 Å². The van der Waals surface area contributed by atoms with Crippen LogP contribution in [0, 0.1) is 6.92 Å². The van der Waals surface area contributed by atoms with Gasteiger partial charge in [-0.15, -0.1) is 0 Å². The molecule has 1 aromatic heterocycles. The van der Waals surface area contributed by atoms with Crippen molar-refractivity contribution < 1.29 is 9.90 Å². The predicted octanol–water partition coefficient (Wildman–Crippen LogP) is 2.57. The molecule has 3 nitrogen and oxygen atoms in total. The number of hydrogen-bond acceptors (Lipinski definition) is 3. The van der Waals surface area contributed by atoms with Gasteiger partial charge in [0.1, 0.15) is 0 Å². The second-order valence-corrected chi connectivity index (χ2v) is 4.68. The van der Waals surface area contributed by atoms with Crippen molar-refractivity contribution in [2.75, 3.05) is 0 Å². The lowest BCUT2D eigenvalue weighted by Crippen LogP contribution is -2.22. The molecule has 2 aromatic carbocycles. The Morgan fingerprint density at radius 1 is 1.05 bits per heavy atom. The summed E-state index contributed by atoms with van der Waals surface area (Å²) in [6.07, 6.45) is 0. The molecule has 1 heterocycles. The highest BCUT2D eigenvalue weighted by molar-refractivity contribution is 6.03. The van der Waals surface area contributed by atoms with E-state index in [9.17, 15) is 9.90 Å². The molecule has 0 N–H and O–H groups in total. The van der Waals surface area contributed by atoms with Gasteiger partial charge >= 0.3 is 0 Å². The van der Waals surface area contributed by atoms with Crippen molar-refractivity contribution >= 4 is 16.9 Å². The van der Waals surface area contributed by atoms with E-state index >= 15 is 0 Å². The highest BCUT2D eigenvalue weighted by atomic mass is 16.4. The molecular formula is C17H12NO2-. The molecule has 3 heteroatoms. The number of aryl methyl sites for hydroxylation is 1. The number of carboxylic acid groups (broad SMARTS) is 1. The van der Waals surface area contributed by atoms with Crippen LogP contribution in [0.1, 0.15) is 15.9 Å². The lowest BCUT2D eigenvalue weighted by atomic mass is 10.0. The minimum atomic E-state index is -1.18. The Labute approximate surface area is 116 Å². The Morgan fingerprint density at radius 2 is 1.80 bits per heavy atom. The molecule has 0 atom stereocenters. The number of fused-ring (bicyclic) bond motifs is 1. The lowest BCUT2D eigenvalue weighted by molar-refractivity contribution is -0.254. The van der Waals surface area contributed by atoms with Crippen molar-refractivity contribution in [2.24, 2.45) is 0 Å². The minimum absolute atomic E-state index is 0.178. The van der Waals surface area contributed by atoms with E-state index in [-0.39, 0.29) is 5.56 Å². The van der Waals surface area contributed by atoms with Gasteiger partial charge in [0.25, 0.3) is 0 Å². The van der Waals surface area contributed by atoms with Crippen molar-refractivity contribution in [2.45, 2.75) is 6.92 Å². The molecule has 0 radical (unpaired) electrons. The first-order chi connectivity index (χ1) is 9.66. The number of carbonyl (C=O) groups is 1.